The van der Waals surface area contributed by atoms with E-state index in [1.807, 2.05) is 49.4 Å². The van der Waals surface area contributed by atoms with Gasteiger partial charge in [-0.2, -0.15) is 0 Å². The Labute approximate surface area is 324 Å². The molecule has 0 aliphatic rings. The summed E-state index contributed by atoms with van der Waals surface area (Å²) < 4.78 is 1.75. The van der Waals surface area contributed by atoms with Crippen LogP contribution in [0.5, 0.6) is 0 Å². The number of benzene rings is 5. The summed E-state index contributed by atoms with van der Waals surface area (Å²) in [7, 11) is 0. The number of fused-ring (bicyclic) bond motifs is 1. The van der Waals surface area contributed by atoms with E-state index in [1.54, 1.807) is 0 Å². The van der Waals surface area contributed by atoms with Crippen LogP contribution < -0.4 is 21.2 Å². The molecule has 6 aromatic rings. The molecule has 0 spiro atoms. The van der Waals surface area contributed by atoms with Crippen LogP contribution in [0.4, 0.5) is 5.69 Å². The Hall–Kier alpha value is -2.44. The first-order chi connectivity index (χ1) is 23.6. The number of carbonyl (C=O) groups excluding carboxylic acids is 1. The van der Waals surface area contributed by atoms with Crippen molar-refractivity contribution in [2.75, 3.05) is 5.32 Å². The Kier molecular flexibility index (Phi) is 12.9. The summed E-state index contributed by atoms with van der Waals surface area (Å²) in [6, 6.07) is 42.0. The number of aromatic nitrogens is 1. The van der Waals surface area contributed by atoms with Gasteiger partial charge in [0.25, 0.3) is 0 Å². The van der Waals surface area contributed by atoms with E-state index in [-0.39, 0.29) is 5.91 Å². The number of halogens is 5. The zero-order valence-electron chi connectivity index (χ0n) is 27.3. The molecule has 0 radical (unpaired) electrons. The number of H-pyrrole nitrogens is 1. The minimum absolute atomic E-state index is 0.0128. The first-order valence-electron chi connectivity index (χ1n) is 16.2. The summed E-state index contributed by atoms with van der Waals surface area (Å²) in [6.07, 6.45) is 4.13. The van der Waals surface area contributed by atoms with Gasteiger partial charge in [0.1, 0.15) is 0 Å². The molecule has 0 aliphatic carbocycles. The maximum Gasteiger partial charge on any atom is 0.0569 e. The number of hydrogen-bond donors (Lipinski definition) is 2. The number of carbonyl (C=O) groups is 1. The van der Waals surface area contributed by atoms with Crippen molar-refractivity contribution in [2.24, 2.45) is 0 Å². The van der Waals surface area contributed by atoms with Crippen molar-refractivity contribution < 1.29 is 4.79 Å². The SMILES string of the molecule is CCCC(=O)Nc1cc(Cl)c(Br)cc1CP(Br)(c1ccccc1)(c1ccccc1)c1ccccc1.CCCc1cc2cc(Br)c(Cl)cc2[nH]1. The molecule has 9 heteroatoms. The molecule has 6 rings (SSSR count). The van der Waals surface area contributed by atoms with Crippen molar-refractivity contribution in [1.29, 1.82) is 0 Å². The normalized spacial score (nSPS) is 12.1. The van der Waals surface area contributed by atoms with Crippen LogP contribution in [0.3, 0.4) is 0 Å². The molecule has 1 heterocycles. The van der Waals surface area contributed by atoms with Crippen LogP contribution in [0.15, 0.2) is 130 Å². The van der Waals surface area contributed by atoms with Gasteiger partial charge in [-0.25, -0.2) is 0 Å². The molecule has 49 heavy (non-hydrogen) atoms. The minimum Gasteiger partial charge on any atom is -0.358 e. The van der Waals surface area contributed by atoms with Gasteiger partial charge < -0.3 is 4.98 Å². The van der Waals surface area contributed by atoms with E-state index in [0.717, 1.165) is 50.0 Å². The summed E-state index contributed by atoms with van der Waals surface area (Å²) in [5.74, 6) is -0.0128. The average Bonchev–Trinajstić information content (AvgIpc) is 3.49. The van der Waals surface area contributed by atoms with E-state index in [9.17, 15) is 4.79 Å². The van der Waals surface area contributed by atoms with Crippen LogP contribution in [-0.4, -0.2) is 10.9 Å². The van der Waals surface area contributed by atoms with Crippen LogP contribution in [0.2, 0.25) is 10.0 Å². The Morgan fingerprint density at radius 1 is 0.714 bits per heavy atom. The fourth-order valence-electron chi connectivity index (χ4n) is 6.12. The number of aryl methyl sites for hydroxylation is 1. The van der Waals surface area contributed by atoms with Gasteiger partial charge in [-0.05, 0) is 40.5 Å². The Balaban J connectivity index is 0.000000278. The second-order valence-corrected chi connectivity index (χ2v) is 23.4. The summed E-state index contributed by atoms with van der Waals surface area (Å²) in [6.45, 7) is 4.18. The predicted octanol–water partition coefficient (Wildman–Crippen LogP) is 12.7. The van der Waals surface area contributed by atoms with E-state index in [0.29, 0.717) is 17.6 Å². The van der Waals surface area contributed by atoms with Crippen LogP contribution in [0.1, 0.15) is 44.4 Å². The van der Waals surface area contributed by atoms with E-state index in [1.165, 1.54) is 27.0 Å². The van der Waals surface area contributed by atoms with Crippen LogP contribution in [0.25, 0.3) is 10.9 Å². The van der Waals surface area contributed by atoms with Crippen LogP contribution >= 0.6 is 75.9 Å². The molecule has 1 amide bonds. The van der Waals surface area contributed by atoms with E-state index < -0.39 is 5.31 Å². The third-order valence-electron chi connectivity index (χ3n) is 8.48. The van der Waals surface area contributed by atoms with Gasteiger partial charge >= 0.3 is 230 Å². The van der Waals surface area contributed by atoms with Gasteiger partial charge in [0.05, 0.1) is 5.02 Å². The average molecular weight is 904 g/mol. The predicted molar refractivity (Wildman–Crippen MR) is 225 cm³/mol. The van der Waals surface area contributed by atoms with Gasteiger partial charge in [-0.15, -0.1) is 0 Å². The number of amides is 1. The molecule has 254 valence electrons. The maximum atomic E-state index is 12.6. The molecule has 0 atom stereocenters. The van der Waals surface area contributed by atoms with E-state index in [2.05, 4.69) is 143 Å². The third-order valence-corrected chi connectivity index (χ3v) is 20.4. The Morgan fingerprint density at radius 3 is 1.73 bits per heavy atom. The second kappa shape index (κ2) is 16.7. The molecule has 0 aliphatic heterocycles. The van der Waals surface area contributed by atoms with Crippen LogP contribution in [-0.2, 0) is 17.4 Å². The van der Waals surface area contributed by atoms with E-state index in [4.69, 9.17) is 23.2 Å². The minimum atomic E-state index is -3.23. The smallest absolute Gasteiger partial charge is 0.0569 e. The standard InChI is InChI=1S/C29H27Br2ClNOP.C11H11BrClN/c1-2-12-29(34)33-28-20-27(32)26(30)19-22(28)21-35(31,23-13-6-3-7-14-23,24-15-8-4-9-16-24)25-17-10-5-11-18-25;1-2-3-8-4-7-5-9(12)10(13)6-11(7)14-8/h3-11,13-20H,2,12,21H2,1H3,(H,33,34);4-6,14H,2-3H2,1H3. The summed E-state index contributed by atoms with van der Waals surface area (Å²) in [5.41, 5.74) is 4.14. The molecular weight excluding hydrogens is 866 g/mol. The molecule has 3 nitrogen and oxygen atoms in total. The summed E-state index contributed by atoms with van der Waals surface area (Å²) >= 11 is 24.1. The fourth-order valence-corrected chi connectivity index (χ4v) is 14.9. The van der Waals surface area contributed by atoms with Gasteiger partial charge in [0.2, 0.25) is 0 Å². The maximum absolute atomic E-state index is 12.6. The number of nitrogens with one attached hydrogen (secondary N) is 2. The van der Waals surface area contributed by atoms with Crippen molar-refractivity contribution in [2.45, 2.75) is 45.7 Å². The quantitative estimate of drug-likeness (QED) is 0.132. The molecular formula is C40H38Br3Cl2N2OP. The zero-order valence-corrected chi connectivity index (χ0v) is 34.5. The third kappa shape index (κ3) is 8.38. The fraction of sp³-hybridized carbons (Fsp3) is 0.175. The van der Waals surface area contributed by atoms with E-state index >= 15 is 0 Å². The van der Waals surface area contributed by atoms with Crippen molar-refractivity contribution in [3.8, 4) is 0 Å². The molecule has 0 bridgehead atoms. The molecule has 0 saturated heterocycles. The monoisotopic (exact) mass is 900 g/mol. The molecule has 5 aromatic carbocycles. The number of aromatic amines is 1. The molecule has 0 fully saturated rings. The Bertz CT molecular complexity index is 1900. The van der Waals surface area contributed by atoms with Gasteiger partial charge in [-0.3, -0.25) is 0 Å². The first kappa shape index (κ1) is 37.8. The Morgan fingerprint density at radius 2 is 1.22 bits per heavy atom. The van der Waals surface area contributed by atoms with Gasteiger partial charge in [0, 0.05) is 21.1 Å². The molecule has 0 unspecified atom stereocenters. The van der Waals surface area contributed by atoms with Crippen molar-refractivity contribution in [1.82, 2.24) is 4.98 Å². The molecule has 1 aromatic heterocycles. The molecule has 2 N–H and O–H groups in total. The summed E-state index contributed by atoms with van der Waals surface area (Å²) in [4.78, 5) is 16.0. The van der Waals surface area contributed by atoms with Crippen LogP contribution in [0, 0.1) is 0 Å². The molecule has 0 saturated carbocycles. The van der Waals surface area contributed by atoms with Gasteiger partial charge in [-0.1, -0.05) is 24.9 Å². The van der Waals surface area contributed by atoms with Crippen molar-refractivity contribution in [3.05, 3.63) is 152 Å². The number of anilines is 1. The number of hydrogen-bond acceptors (Lipinski definition) is 1. The van der Waals surface area contributed by atoms with Crippen molar-refractivity contribution in [3.63, 3.8) is 0 Å². The largest absolute Gasteiger partial charge is 0.358 e. The van der Waals surface area contributed by atoms with Crippen molar-refractivity contribution >= 4 is 114 Å². The summed E-state index contributed by atoms with van der Waals surface area (Å²) in [5, 5.41) is 6.07. The first-order valence-corrected chi connectivity index (χ1v) is 23.0. The topological polar surface area (TPSA) is 44.9 Å². The zero-order chi connectivity index (χ0) is 35.0. The van der Waals surface area contributed by atoms with Gasteiger partial charge in [0.15, 0.2) is 0 Å². The number of rotatable bonds is 10. The second-order valence-electron chi connectivity index (χ2n) is 12.0.